The molecule has 0 aliphatic heterocycles. The highest BCUT2D eigenvalue weighted by Crippen LogP contribution is 2.44. The Morgan fingerprint density at radius 2 is 1.50 bits per heavy atom. The summed E-state index contributed by atoms with van der Waals surface area (Å²) >= 11 is 3.44. The molecule has 6 heteroatoms. The average Bonchev–Trinajstić information content (AvgIpc) is 2.50. The third-order valence-electron chi connectivity index (χ3n) is 4.36. The van der Waals surface area contributed by atoms with Gasteiger partial charge in [-0.25, -0.2) is 0 Å². The number of carbonyl (C=O) groups is 2. The Labute approximate surface area is 142 Å². The molecule has 4 atom stereocenters. The first-order valence-corrected chi connectivity index (χ1v) is 9.85. The van der Waals surface area contributed by atoms with E-state index >= 15 is 0 Å². The Hall–Kier alpha value is -0.360. The van der Waals surface area contributed by atoms with Crippen LogP contribution in [-0.2, 0) is 19.1 Å². The molecule has 0 amide bonds. The van der Waals surface area contributed by atoms with Crippen molar-refractivity contribution in [2.24, 2.45) is 17.8 Å². The quantitative estimate of drug-likeness (QED) is 0.658. The van der Waals surface area contributed by atoms with E-state index in [9.17, 15) is 9.59 Å². The van der Waals surface area contributed by atoms with Crippen LogP contribution in [0.1, 0.15) is 33.6 Å². The lowest BCUT2D eigenvalue weighted by molar-refractivity contribution is -0.138. The van der Waals surface area contributed by atoms with Gasteiger partial charge >= 0.3 is 11.9 Å². The topological polar surface area (TPSA) is 52.6 Å². The molecular weight excluding hydrogens is 320 g/mol. The van der Waals surface area contributed by atoms with Gasteiger partial charge in [-0.15, -0.1) is 23.5 Å². The second-order valence-corrected chi connectivity index (χ2v) is 8.66. The zero-order chi connectivity index (χ0) is 16.7. The van der Waals surface area contributed by atoms with Crippen LogP contribution >= 0.6 is 23.5 Å². The van der Waals surface area contributed by atoms with Crippen molar-refractivity contribution in [2.45, 2.75) is 44.1 Å². The molecule has 1 rings (SSSR count). The van der Waals surface area contributed by atoms with Gasteiger partial charge in [0.15, 0.2) is 0 Å². The van der Waals surface area contributed by atoms with Crippen molar-refractivity contribution in [3.05, 3.63) is 0 Å². The highest BCUT2D eigenvalue weighted by molar-refractivity contribution is 8.01. The molecule has 4 unspecified atom stereocenters. The number of esters is 2. The molecule has 0 aromatic carbocycles. The molecule has 22 heavy (non-hydrogen) atoms. The Kier molecular flexibility index (Phi) is 8.69. The second kappa shape index (κ2) is 9.71. The molecule has 4 nitrogen and oxygen atoms in total. The first kappa shape index (κ1) is 19.7. The van der Waals surface area contributed by atoms with Crippen molar-refractivity contribution >= 4 is 35.5 Å². The van der Waals surface area contributed by atoms with E-state index < -0.39 is 0 Å². The largest absolute Gasteiger partial charge is 0.468 e. The molecule has 1 saturated carbocycles. The minimum atomic E-state index is -0.152. The number of hydrogen-bond donors (Lipinski definition) is 0. The highest BCUT2D eigenvalue weighted by atomic mass is 32.2. The van der Waals surface area contributed by atoms with Crippen molar-refractivity contribution in [3.63, 3.8) is 0 Å². The van der Waals surface area contributed by atoms with Gasteiger partial charge in [-0.1, -0.05) is 20.8 Å². The molecule has 1 aliphatic rings. The summed E-state index contributed by atoms with van der Waals surface area (Å²) in [5, 5.41) is 0.977. The first-order valence-electron chi connectivity index (χ1n) is 7.75. The van der Waals surface area contributed by atoms with E-state index in [0.717, 1.165) is 12.8 Å². The van der Waals surface area contributed by atoms with Crippen LogP contribution < -0.4 is 0 Å². The van der Waals surface area contributed by atoms with E-state index in [0.29, 0.717) is 39.8 Å². The zero-order valence-corrected chi connectivity index (χ0v) is 15.8. The Bertz CT molecular complexity index is 373. The molecule has 0 heterocycles. The summed E-state index contributed by atoms with van der Waals surface area (Å²) in [6.07, 6.45) is 2.18. The SMILES string of the molecule is COC(=O)CSC1CC(C(C)C)C(SCC(=O)OC)CC1C. The van der Waals surface area contributed by atoms with E-state index in [1.807, 2.05) is 0 Å². The van der Waals surface area contributed by atoms with E-state index in [-0.39, 0.29) is 11.9 Å². The summed E-state index contributed by atoms with van der Waals surface area (Å²) < 4.78 is 9.48. The van der Waals surface area contributed by atoms with Crippen molar-refractivity contribution in [1.82, 2.24) is 0 Å². The van der Waals surface area contributed by atoms with Crippen molar-refractivity contribution in [2.75, 3.05) is 25.7 Å². The van der Waals surface area contributed by atoms with Gasteiger partial charge < -0.3 is 9.47 Å². The smallest absolute Gasteiger partial charge is 0.315 e. The van der Waals surface area contributed by atoms with Gasteiger partial charge in [0, 0.05) is 10.5 Å². The summed E-state index contributed by atoms with van der Waals surface area (Å²) in [5.41, 5.74) is 0. The molecule has 0 radical (unpaired) electrons. The van der Waals surface area contributed by atoms with Gasteiger partial charge in [-0.3, -0.25) is 9.59 Å². The fourth-order valence-electron chi connectivity index (χ4n) is 2.94. The number of ether oxygens (including phenoxy) is 2. The second-order valence-electron chi connectivity index (χ2n) is 6.21. The lowest BCUT2D eigenvalue weighted by atomic mass is 9.77. The maximum Gasteiger partial charge on any atom is 0.315 e. The van der Waals surface area contributed by atoms with Gasteiger partial charge in [0.25, 0.3) is 0 Å². The predicted molar refractivity (Wildman–Crippen MR) is 93.3 cm³/mol. The van der Waals surface area contributed by atoms with Crippen LogP contribution in [0.4, 0.5) is 0 Å². The Morgan fingerprint density at radius 3 is 1.95 bits per heavy atom. The van der Waals surface area contributed by atoms with Crippen LogP contribution in [0, 0.1) is 17.8 Å². The monoisotopic (exact) mass is 348 g/mol. The normalized spacial score (nSPS) is 28.5. The van der Waals surface area contributed by atoms with Gasteiger partial charge in [-0.2, -0.15) is 0 Å². The third-order valence-corrected chi connectivity index (χ3v) is 7.22. The fraction of sp³-hybridized carbons (Fsp3) is 0.875. The third kappa shape index (κ3) is 6.03. The Morgan fingerprint density at radius 1 is 1.00 bits per heavy atom. The summed E-state index contributed by atoms with van der Waals surface area (Å²) in [6, 6.07) is 0. The minimum Gasteiger partial charge on any atom is -0.468 e. The molecule has 1 fully saturated rings. The number of carbonyl (C=O) groups excluding carboxylic acids is 2. The van der Waals surface area contributed by atoms with E-state index in [2.05, 4.69) is 20.8 Å². The van der Waals surface area contributed by atoms with Crippen LogP contribution in [0.25, 0.3) is 0 Å². The zero-order valence-electron chi connectivity index (χ0n) is 14.2. The number of rotatable bonds is 7. The molecule has 0 saturated heterocycles. The summed E-state index contributed by atoms with van der Waals surface area (Å²) in [4.78, 5) is 22.7. The molecular formula is C16H28O4S2. The van der Waals surface area contributed by atoms with Gasteiger partial charge in [0.1, 0.15) is 0 Å². The minimum absolute atomic E-state index is 0.151. The fourth-order valence-corrected chi connectivity index (χ4v) is 5.78. The number of thioether (sulfide) groups is 2. The molecule has 0 spiro atoms. The molecule has 0 aromatic rings. The molecule has 128 valence electrons. The number of methoxy groups -OCH3 is 2. The van der Waals surface area contributed by atoms with Crippen molar-refractivity contribution < 1.29 is 19.1 Å². The lowest BCUT2D eigenvalue weighted by Crippen LogP contribution is -2.37. The van der Waals surface area contributed by atoms with Gasteiger partial charge in [0.05, 0.1) is 25.7 Å². The van der Waals surface area contributed by atoms with Gasteiger partial charge in [0.2, 0.25) is 0 Å². The predicted octanol–water partition coefficient (Wildman–Crippen LogP) is 3.24. The highest BCUT2D eigenvalue weighted by Gasteiger charge is 2.37. The molecule has 1 aliphatic carbocycles. The van der Waals surface area contributed by atoms with Crippen LogP contribution in [0.2, 0.25) is 0 Å². The van der Waals surface area contributed by atoms with Crippen LogP contribution in [0.15, 0.2) is 0 Å². The first-order chi connectivity index (χ1) is 10.4. The standard InChI is InChI=1S/C16H28O4S2/c1-10(2)12-7-13(21-8-15(17)19-4)11(3)6-14(12)22-9-16(18)20-5/h10-14H,6-9H2,1-5H3. The van der Waals surface area contributed by atoms with E-state index in [1.165, 1.54) is 14.2 Å². The maximum absolute atomic E-state index is 11.4. The summed E-state index contributed by atoms with van der Waals surface area (Å²) in [6.45, 7) is 6.74. The molecule has 0 aromatic heterocycles. The van der Waals surface area contributed by atoms with Crippen LogP contribution in [0.3, 0.4) is 0 Å². The molecule has 0 N–H and O–H groups in total. The van der Waals surface area contributed by atoms with E-state index in [4.69, 9.17) is 9.47 Å². The van der Waals surface area contributed by atoms with Crippen LogP contribution in [-0.4, -0.2) is 48.2 Å². The van der Waals surface area contributed by atoms with Crippen LogP contribution in [0.5, 0.6) is 0 Å². The summed E-state index contributed by atoms with van der Waals surface area (Å²) in [7, 11) is 2.87. The average molecular weight is 349 g/mol. The maximum atomic E-state index is 11.4. The van der Waals surface area contributed by atoms with E-state index in [1.54, 1.807) is 23.5 Å². The number of hydrogen-bond acceptors (Lipinski definition) is 6. The molecule has 0 bridgehead atoms. The Balaban J connectivity index is 2.60. The van der Waals surface area contributed by atoms with Crippen molar-refractivity contribution in [1.29, 1.82) is 0 Å². The van der Waals surface area contributed by atoms with Gasteiger partial charge in [-0.05, 0) is 30.6 Å². The lowest BCUT2D eigenvalue weighted by Gasteiger charge is -2.41. The summed E-state index contributed by atoms with van der Waals surface area (Å²) in [5.74, 6) is 2.24. The van der Waals surface area contributed by atoms with Crippen molar-refractivity contribution in [3.8, 4) is 0 Å².